The van der Waals surface area contributed by atoms with Crippen LogP contribution >= 0.6 is 0 Å². The van der Waals surface area contributed by atoms with Gasteiger partial charge in [-0.25, -0.2) is 9.18 Å². The van der Waals surface area contributed by atoms with Crippen molar-refractivity contribution in [3.8, 4) is 6.07 Å². The molecule has 2 rings (SSSR count). The summed E-state index contributed by atoms with van der Waals surface area (Å²) in [6, 6.07) is 11.3. The lowest BCUT2D eigenvalue weighted by Gasteiger charge is -2.06. The minimum atomic E-state index is -1.20. The van der Waals surface area contributed by atoms with E-state index in [1.165, 1.54) is 24.3 Å². The number of rotatable bonds is 4. The summed E-state index contributed by atoms with van der Waals surface area (Å²) in [5, 5.41) is 17.8. The van der Waals surface area contributed by atoms with Crippen molar-refractivity contribution in [3.05, 3.63) is 70.5 Å². The number of carboxylic acid groups (broad SMARTS) is 1. The van der Waals surface area contributed by atoms with E-state index in [1.807, 2.05) is 0 Å². The van der Waals surface area contributed by atoms with Crippen molar-refractivity contribution in [2.75, 3.05) is 0 Å². The minimum Gasteiger partial charge on any atom is -0.478 e. The maximum Gasteiger partial charge on any atom is 0.336 e. The SMILES string of the molecule is N#Cc1cc(F)cc(CC(=O)c2ccccc2C(=O)O)c1. The monoisotopic (exact) mass is 283 g/mol. The van der Waals surface area contributed by atoms with E-state index in [9.17, 15) is 14.0 Å². The molecule has 21 heavy (non-hydrogen) atoms. The van der Waals surface area contributed by atoms with E-state index in [1.54, 1.807) is 12.1 Å². The lowest BCUT2D eigenvalue weighted by atomic mass is 9.97. The van der Waals surface area contributed by atoms with Gasteiger partial charge in [-0.3, -0.25) is 4.79 Å². The third-order valence-electron chi connectivity index (χ3n) is 2.91. The summed E-state index contributed by atoms with van der Waals surface area (Å²) in [6.07, 6.45) is -0.170. The predicted molar refractivity (Wildman–Crippen MR) is 72.6 cm³/mol. The Labute approximate surface area is 120 Å². The zero-order valence-corrected chi connectivity index (χ0v) is 10.8. The number of halogens is 1. The van der Waals surface area contributed by atoms with E-state index < -0.39 is 17.6 Å². The highest BCUT2D eigenvalue weighted by Gasteiger charge is 2.16. The fourth-order valence-electron chi connectivity index (χ4n) is 2.01. The van der Waals surface area contributed by atoms with Crippen molar-refractivity contribution in [1.29, 1.82) is 5.26 Å². The van der Waals surface area contributed by atoms with Gasteiger partial charge in [-0.05, 0) is 29.8 Å². The van der Waals surface area contributed by atoms with E-state index in [0.717, 1.165) is 12.1 Å². The summed E-state index contributed by atoms with van der Waals surface area (Å²) in [7, 11) is 0. The summed E-state index contributed by atoms with van der Waals surface area (Å²) in [4.78, 5) is 23.3. The normalized spacial score (nSPS) is 9.90. The number of hydrogen-bond donors (Lipinski definition) is 1. The molecule has 0 unspecified atom stereocenters. The first-order valence-corrected chi connectivity index (χ1v) is 6.06. The molecule has 0 spiro atoms. The Balaban J connectivity index is 2.33. The maximum atomic E-state index is 13.3. The number of nitriles is 1. The van der Waals surface area contributed by atoms with Crippen LogP contribution in [-0.4, -0.2) is 16.9 Å². The Kier molecular flexibility index (Phi) is 4.10. The van der Waals surface area contributed by atoms with Gasteiger partial charge in [0, 0.05) is 12.0 Å². The quantitative estimate of drug-likeness (QED) is 0.875. The molecule has 2 aromatic carbocycles. The molecule has 0 radical (unpaired) electrons. The number of Topliss-reactive ketones (excluding diaryl/α,β-unsaturated/α-hetero) is 1. The van der Waals surface area contributed by atoms with Crippen LogP contribution < -0.4 is 0 Å². The molecule has 1 N–H and O–H groups in total. The lowest BCUT2D eigenvalue weighted by molar-refractivity contribution is 0.0692. The summed E-state index contributed by atoms with van der Waals surface area (Å²) in [5.74, 6) is -2.25. The Morgan fingerprint density at radius 3 is 2.43 bits per heavy atom. The van der Waals surface area contributed by atoms with Crippen LogP contribution in [0.1, 0.15) is 31.8 Å². The summed E-state index contributed by atoms with van der Waals surface area (Å²) in [5.41, 5.74) is 0.410. The summed E-state index contributed by atoms with van der Waals surface area (Å²) >= 11 is 0. The zero-order valence-electron chi connectivity index (χ0n) is 10.8. The summed E-state index contributed by atoms with van der Waals surface area (Å²) < 4.78 is 13.3. The van der Waals surface area contributed by atoms with E-state index >= 15 is 0 Å². The van der Waals surface area contributed by atoms with Crippen LogP contribution in [0.2, 0.25) is 0 Å². The molecule has 4 nitrogen and oxygen atoms in total. The first-order valence-electron chi connectivity index (χ1n) is 6.06. The number of aromatic carboxylic acids is 1. The van der Waals surface area contributed by atoms with Crippen LogP contribution in [0.4, 0.5) is 4.39 Å². The van der Waals surface area contributed by atoms with Gasteiger partial charge in [0.05, 0.1) is 17.2 Å². The third-order valence-corrected chi connectivity index (χ3v) is 2.91. The van der Waals surface area contributed by atoms with Gasteiger partial charge in [0.15, 0.2) is 5.78 Å². The smallest absolute Gasteiger partial charge is 0.336 e. The Bertz CT molecular complexity index is 762. The molecule has 0 bridgehead atoms. The van der Waals surface area contributed by atoms with Gasteiger partial charge in [-0.15, -0.1) is 0 Å². The van der Waals surface area contributed by atoms with Crippen LogP contribution in [0.5, 0.6) is 0 Å². The second kappa shape index (κ2) is 5.97. The Morgan fingerprint density at radius 2 is 1.81 bits per heavy atom. The molecule has 0 aliphatic carbocycles. The standard InChI is InChI=1S/C16H10FNO3/c17-12-6-10(5-11(7-12)9-18)8-15(19)13-3-1-2-4-14(13)16(20)21/h1-7H,8H2,(H,20,21). The Morgan fingerprint density at radius 1 is 1.14 bits per heavy atom. The number of carboxylic acids is 1. The molecule has 0 saturated heterocycles. The van der Waals surface area contributed by atoms with Gasteiger partial charge in [0.25, 0.3) is 0 Å². The van der Waals surface area contributed by atoms with Crippen LogP contribution in [0.15, 0.2) is 42.5 Å². The van der Waals surface area contributed by atoms with E-state index in [0.29, 0.717) is 5.56 Å². The molecule has 0 atom stereocenters. The average molecular weight is 283 g/mol. The van der Waals surface area contributed by atoms with Crippen molar-refractivity contribution >= 4 is 11.8 Å². The molecule has 2 aromatic rings. The Hall–Kier alpha value is -3.00. The van der Waals surface area contributed by atoms with Crippen LogP contribution in [0, 0.1) is 17.1 Å². The molecule has 0 aromatic heterocycles. The molecular formula is C16H10FNO3. The van der Waals surface area contributed by atoms with Crippen molar-refractivity contribution in [2.45, 2.75) is 6.42 Å². The van der Waals surface area contributed by atoms with Gasteiger partial charge in [-0.2, -0.15) is 5.26 Å². The predicted octanol–water partition coefficient (Wildman–Crippen LogP) is 2.82. The average Bonchev–Trinajstić information content (AvgIpc) is 2.46. The molecule has 0 aliphatic heterocycles. The van der Waals surface area contributed by atoms with Gasteiger partial charge >= 0.3 is 5.97 Å². The number of carbonyl (C=O) groups is 2. The van der Waals surface area contributed by atoms with E-state index in [4.69, 9.17) is 10.4 Å². The highest BCUT2D eigenvalue weighted by Crippen LogP contribution is 2.15. The van der Waals surface area contributed by atoms with Crippen molar-refractivity contribution in [3.63, 3.8) is 0 Å². The van der Waals surface area contributed by atoms with Crippen LogP contribution in [0.25, 0.3) is 0 Å². The van der Waals surface area contributed by atoms with Crippen LogP contribution in [-0.2, 0) is 6.42 Å². The summed E-state index contributed by atoms with van der Waals surface area (Å²) in [6.45, 7) is 0. The first kappa shape index (κ1) is 14.4. The minimum absolute atomic E-state index is 0.0627. The highest BCUT2D eigenvalue weighted by atomic mass is 19.1. The molecule has 0 aliphatic rings. The number of ketones is 1. The number of hydrogen-bond acceptors (Lipinski definition) is 3. The topological polar surface area (TPSA) is 78.2 Å². The second-order valence-electron chi connectivity index (χ2n) is 4.41. The van der Waals surface area contributed by atoms with Gasteiger partial charge < -0.3 is 5.11 Å². The highest BCUT2D eigenvalue weighted by molar-refractivity contribution is 6.06. The molecule has 5 heteroatoms. The van der Waals surface area contributed by atoms with Crippen LogP contribution in [0.3, 0.4) is 0 Å². The number of nitrogens with zero attached hydrogens (tertiary/aromatic N) is 1. The van der Waals surface area contributed by atoms with Crippen molar-refractivity contribution in [1.82, 2.24) is 0 Å². The molecule has 104 valence electrons. The lowest BCUT2D eigenvalue weighted by Crippen LogP contribution is -2.11. The third kappa shape index (κ3) is 3.31. The molecule has 0 saturated carbocycles. The molecule has 0 heterocycles. The van der Waals surface area contributed by atoms with Gasteiger partial charge in [0.2, 0.25) is 0 Å². The molecule has 0 fully saturated rings. The van der Waals surface area contributed by atoms with Crippen molar-refractivity contribution in [2.24, 2.45) is 0 Å². The zero-order chi connectivity index (χ0) is 15.4. The largest absolute Gasteiger partial charge is 0.478 e. The molecular weight excluding hydrogens is 273 g/mol. The number of carbonyl (C=O) groups excluding carboxylic acids is 1. The van der Waals surface area contributed by atoms with E-state index in [-0.39, 0.29) is 23.1 Å². The van der Waals surface area contributed by atoms with E-state index in [2.05, 4.69) is 0 Å². The van der Waals surface area contributed by atoms with Gasteiger partial charge in [-0.1, -0.05) is 18.2 Å². The fourth-order valence-corrected chi connectivity index (χ4v) is 2.01. The fraction of sp³-hybridized carbons (Fsp3) is 0.0625. The first-order chi connectivity index (χ1) is 10.0. The molecule has 0 amide bonds. The van der Waals surface area contributed by atoms with Crippen molar-refractivity contribution < 1.29 is 19.1 Å². The van der Waals surface area contributed by atoms with Gasteiger partial charge in [0.1, 0.15) is 5.82 Å². The number of benzene rings is 2. The second-order valence-corrected chi connectivity index (χ2v) is 4.41. The maximum absolute atomic E-state index is 13.3.